The predicted molar refractivity (Wildman–Crippen MR) is 73.1 cm³/mol. The molecule has 0 spiro atoms. The molecule has 0 aliphatic carbocycles. The van der Waals surface area contributed by atoms with Crippen molar-refractivity contribution in [1.82, 2.24) is 10.4 Å². The van der Waals surface area contributed by atoms with Gasteiger partial charge >= 0.3 is 11.8 Å². The molecular weight excluding hydrogens is 280 g/mol. The summed E-state index contributed by atoms with van der Waals surface area (Å²) >= 11 is 0. The van der Waals surface area contributed by atoms with Crippen molar-refractivity contribution in [3.8, 4) is 0 Å². The zero-order valence-corrected chi connectivity index (χ0v) is 11.8. The molecule has 0 aromatic carbocycles. The van der Waals surface area contributed by atoms with Crippen molar-refractivity contribution in [3.05, 3.63) is 11.5 Å². The van der Waals surface area contributed by atoms with Crippen molar-refractivity contribution in [2.45, 2.75) is 25.6 Å². The second-order valence-corrected chi connectivity index (χ2v) is 4.96. The number of unbranched alkanes of at least 4 members (excludes halogenated alkanes) is 1. The molecule has 118 valence electrons. The Balaban J connectivity index is 2.57. The topological polar surface area (TPSA) is 147 Å². The van der Waals surface area contributed by atoms with Crippen molar-refractivity contribution in [2.75, 3.05) is 20.0 Å². The quantitative estimate of drug-likeness (QED) is 0.245. The van der Waals surface area contributed by atoms with Gasteiger partial charge in [0, 0.05) is 6.54 Å². The summed E-state index contributed by atoms with van der Waals surface area (Å²) < 4.78 is -0.808. The van der Waals surface area contributed by atoms with Crippen LogP contribution in [0.15, 0.2) is 21.5 Å². The molecule has 21 heavy (non-hydrogen) atoms. The van der Waals surface area contributed by atoms with Gasteiger partial charge in [-0.3, -0.25) is 10.1 Å². The zero-order chi connectivity index (χ0) is 15.7. The van der Waals surface area contributed by atoms with E-state index in [4.69, 9.17) is 10.9 Å². The number of hydrogen-bond donors (Lipinski definition) is 6. The van der Waals surface area contributed by atoms with E-state index in [1.807, 2.05) is 12.4 Å². The van der Waals surface area contributed by atoms with Crippen LogP contribution < -0.4 is 11.2 Å². The molecule has 0 radical (unpaired) electrons. The Labute approximate surface area is 121 Å². The standard InChI is InChI=1S/C11H21N6O4/c1-2-3-4-16-5-13-8-9(15-21)14-10(12)17(6-18,7-19)11(8,16)20/h5,15,18-21H,2-4,6-7H2,1H3,(H2,12,14)/q+1. The van der Waals surface area contributed by atoms with Crippen LogP contribution in [0.5, 0.6) is 0 Å². The van der Waals surface area contributed by atoms with Crippen LogP contribution in [0.4, 0.5) is 0 Å². The van der Waals surface area contributed by atoms with Crippen LogP contribution >= 0.6 is 0 Å². The van der Waals surface area contributed by atoms with Gasteiger partial charge in [-0.15, -0.1) is 0 Å². The lowest BCUT2D eigenvalue weighted by atomic mass is 10.1. The van der Waals surface area contributed by atoms with Gasteiger partial charge in [0.05, 0.1) is 6.34 Å². The fraction of sp³-hybridized carbons (Fsp3) is 0.636. The number of aliphatic hydroxyl groups is 3. The maximum absolute atomic E-state index is 11.2. The molecule has 7 N–H and O–H groups in total. The first-order valence-corrected chi connectivity index (χ1v) is 6.63. The van der Waals surface area contributed by atoms with E-state index in [0.29, 0.717) is 6.54 Å². The number of nitrogens with two attached hydrogens (primary N) is 1. The van der Waals surface area contributed by atoms with Gasteiger partial charge in [-0.2, -0.15) is 9.48 Å². The number of nitrogens with zero attached hydrogens (tertiary/aromatic N) is 4. The maximum Gasteiger partial charge on any atom is 0.345 e. The summed E-state index contributed by atoms with van der Waals surface area (Å²) in [5.41, 5.74) is 7.62. The Bertz CT molecular complexity index is 501. The van der Waals surface area contributed by atoms with E-state index >= 15 is 0 Å². The highest BCUT2D eigenvalue weighted by atomic mass is 16.5. The van der Waals surface area contributed by atoms with E-state index in [9.17, 15) is 15.3 Å². The van der Waals surface area contributed by atoms with Gasteiger partial charge in [-0.25, -0.2) is 10.5 Å². The first-order valence-electron chi connectivity index (χ1n) is 6.63. The molecule has 0 aromatic heterocycles. The van der Waals surface area contributed by atoms with Crippen LogP contribution in [-0.4, -0.2) is 68.1 Å². The number of hydroxylamine groups is 1. The Morgan fingerprint density at radius 2 is 2.10 bits per heavy atom. The van der Waals surface area contributed by atoms with E-state index in [2.05, 4.69) is 9.98 Å². The molecule has 1 unspecified atom stereocenters. The third-order valence-corrected chi connectivity index (χ3v) is 3.87. The summed E-state index contributed by atoms with van der Waals surface area (Å²) in [6, 6.07) is 0. The Morgan fingerprint density at radius 1 is 1.43 bits per heavy atom. The first-order chi connectivity index (χ1) is 10.0. The van der Waals surface area contributed by atoms with E-state index in [-0.39, 0.29) is 17.5 Å². The van der Waals surface area contributed by atoms with Gasteiger partial charge in [0.25, 0.3) is 0 Å². The lowest BCUT2D eigenvalue weighted by Crippen LogP contribution is -2.76. The van der Waals surface area contributed by atoms with Crippen LogP contribution in [0.1, 0.15) is 19.8 Å². The smallest absolute Gasteiger partial charge is 0.345 e. The SMILES string of the molecule is CCCCN1C=NC2=C(NO)N=C(N)[N+](CO)(CO)C21O. The summed E-state index contributed by atoms with van der Waals surface area (Å²) in [4.78, 5) is 9.38. The normalized spacial score (nSPS) is 26.9. The molecule has 1 atom stereocenters. The summed E-state index contributed by atoms with van der Waals surface area (Å²) in [5, 5.41) is 39.8. The molecule has 2 aliphatic heterocycles. The maximum atomic E-state index is 11.2. The second kappa shape index (κ2) is 5.58. The first kappa shape index (κ1) is 15.7. The van der Waals surface area contributed by atoms with Gasteiger partial charge in [0.2, 0.25) is 5.70 Å². The molecule has 0 saturated heterocycles. The number of hydrogen-bond acceptors (Lipinski definition) is 9. The largest absolute Gasteiger partial charge is 0.347 e. The zero-order valence-electron chi connectivity index (χ0n) is 11.8. The Morgan fingerprint density at radius 3 is 2.62 bits per heavy atom. The summed E-state index contributed by atoms with van der Waals surface area (Å²) in [5.74, 6) is -2.30. The highest BCUT2D eigenvalue weighted by Gasteiger charge is 2.65. The number of aliphatic hydroxyl groups excluding tert-OH is 2. The van der Waals surface area contributed by atoms with Gasteiger partial charge < -0.3 is 21.1 Å². The van der Waals surface area contributed by atoms with Crippen molar-refractivity contribution >= 4 is 12.3 Å². The minimum atomic E-state index is -1.93. The molecule has 10 nitrogen and oxygen atoms in total. The molecule has 2 aliphatic rings. The number of quaternary nitrogens is 1. The number of nitrogens with one attached hydrogen (secondary N) is 1. The highest BCUT2D eigenvalue weighted by molar-refractivity contribution is 5.76. The third kappa shape index (κ3) is 1.92. The number of aliphatic imine (C=N–C) groups is 2. The number of guanidine groups is 1. The van der Waals surface area contributed by atoms with Gasteiger partial charge in [-0.1, -0.05) is 13.3 Å². The lowest BCUT2D eigenvalue weighted by Gasteiger charge is -2.48. The molecule has 0 bridgehead atoms. The average Bonchev–Trinajstić information content (AvgIpc) is 2.82. The highest BCUT2D eigenvalue weighted by Crippen LogP contribution is 2.40. The fourth-order valence-electron chi connectivity index (χ4n) is 2.53. The lowest BCUT2D eigenvalue weighted by molar-refractivity contribution is -0.961. The summed E-state index contributed by atoms with van der Waals surface area (Å²) in [7, 11) is 0. The average molecular weight is 301 g/mol. The van der Waals surface area contributed by atoms with E-state index in [1.165, 1.54) is 11.2 Å². The van der Waals surface area contributed by atoms with Crippen LogP contribution in [0, 0.1) is 0 Å². The van der Waals surface area contributed by atoms with Crippen LogP contribution in [0.3, 0.4) is 0 Å². The molecule has 0 fully saturated rings. The minimum Gasteiger partial charge on any atom is -0.347 e. The van der Waals surface area contributed by atoms with Crippen molar-refractivity contribution < 1.29 is 25.0 Å². The number of rotatable bonds is 6. The van der Waals surface area contributed by atoms with Crippen molar-refractivity contribution in [1.29, 1.82) is 0 Å². The molecule has 0 aromatic rings. The second-order valence-electron chi connectivity index (χ2n) is 4.96. The molecule has 0 saturated carbocycles. The molecule has 2 heterocycles. The van der Waals surface area contributed by atoms with Crippen molar-refractivity contribution in [2.24, 2.45) is 15.7 Å². The minimum absolute atomic E-state index is 0.0154. The van der Waals surface area contributed by atoms with Crippen LogP contribution in [-0.2, 0) is 0 Å². The van der Waals surface area contributed by atoms with Gasteiger partial charge in [-0.05, 0) is 6.42 Å². The van der Waals surface area contributed by atoms with E-state index < -0.39 is 23.8 Å². The third-order valence-electron chi connectivity index (χ3n) is 3.87. The van der Waals surface area contributed by atoms with E-state index in [1.54, 1.807) is 0 Å². The van der Waals surface area contributed by atoms with Gasteiger partial charge in [0.15, 0.2) is 19.3 Å². The van der Waals surface area contributed by atoms with Crippen molar-refractivity contribution in [3.63, 3.8) is 0 Å². The predicted octanol–water partition coefficient (Wildman–Crippen LogP) is -2.03. The molecule has 10 heteroatoms. The molecule has 2 rings (SSSR count). The van der Waals surface area contributed by atoms with Crippen LogP contribution in [0.25, 0.3) is 0 Å². The number of fused-ring (bicyclic) bond motifs is 1. The van der Waals surface area contributed by atoms with Crippen LogP contribution in [0.2, 0.25) is 0 Å². The Hall–Kier alpha value is -1.72. The summed E-state index contributed by atoms with van der Waals surface area (Å²) in [6.45, 7) is 1.06. The Kier molecular flexibility index (Phi) is 4.16. The monoisotopic (exact) mass is 301 g/mol. The van der Waals surface area contributed by atoms with Gasteiger partial charge in [0.1, 0.15) is 0 Å². The van der Waals surface area contributed by atoms with E-state index in [0.717, 1.165) is 12.8 Å². The fourth-order valence-corrected chi connectivity index (χ4v) is 2.53. The summed E-state index contributed by atoms with van der Waals surface area (Å²) in [6.07, 6.45) is 3.03. The molecular formula is C11H21N6O4+. The molecule has 0 amide bonds.